The van der Waals surface area contributed by atoms with Gasteiger partial charge in [0.2, 0.25) is 11.8 Å². The normalized spacial score (nSPS) is 12.7. The first-order chi connectivity index (χ1) is 24.1. The van der Waals surface area contributed by atoms with Gasteiger partial charge in [-0.25, -0.2) is 4.39 Å². The van der Waals surface area contributed by atoms with Crippen molar-refractivity contribution in [1.82, 2.24) is 20.4 Å². The van der Waals surface area contributed by atoms with Gasteiger partial charge in [0.25, 0.3) is 0 Å². The predicted octanol–water partition coefficient (Wildman–Crippen LogP) is 7.45. The zero-order chi connectivity index (χ0) is 36.9. The minimum absolute atomic E-state index is 0.116. The molecule has 0 aromatic heterocycles. The Morgan fingerprint density at radius 1 is 0.860 bits per heavy atom. The predicted molar refractivity (Wildman–Crippen MR) is 204 cm³/mol. The molecule has 0 saturated carbocycles. The van der Waals surface area contributed by atoms with E-state index in [2.05, 4.69) is 48.6 Å². The molecule has 274 valence electrons. The summed E-state index contributed by atoms with van der Waals surface area (Å²) in [6, 6.07) is 21.6. The number of nitrogens with one attached hydrogen (secondary N) is 2. The van der Waals surface area contributed by atoms with Crippen LogP contribution in [0.1, 0.15) is 82.2 Å². The lowest BCUT2D eigenvalue weighted by atomic mass is 9.91. The van der Waals surface area contributed by atoms with E-state index >= 15 is 0 Å². The van der Waals surface area contributed by atoms with Crippen molar-refractivity contribution in [2.75, 3.05) is 39.8 Å². The van der Waals surface area contributed by atoms with Gasteiger partial charge in [-0.3, -0.25) is 9.59 Å². The van der Waals surface area contributed by atoms with Crippen LogP contribution in [0.3, 0.4) is 0 Å². The zero-order valence-electron chi connectivity index (χ0n) is 30.9. The third kappa shape index (κ3) is 14.3. The first kappa shape index (κ1) is 42.6. The topological polar surface area (TPSA) is 81.8 Å². The molecule has 3 atom stereocenters. The standard InChI is InChI=1S/C38H52ClFN4O2.C3H6O/c1-6-29-14-10-11-15-31(29)27-30(7-2)37(45)42-36(26-28-18-20-32(39)21-19-28)38(46)44(9-4)25-23-41-35(22-24-43(5)8-3)33-16-12-13-17-34(33)40;1-2-3-4/h10-21,30,35-36,41H,6-9,22-27H2,1-5H3,(H,42,45);3H,2H2,1H3. The molecule has 50 heavy (non-hydrogen) atoms. The summed E-state index contributed by atoms with van der Waals surface area (Å²) in [5, 5.41) is 7.27. The number of amides is 2. The Hall–Kier alpha value is -3.59. The van der Waals surface area contributed by atoms with Gasteiger partial charge in [-0.1, -0.05) is 93.9 Å². The highest BCUT2D eigenvalue weighted by atomic mass is 35.5. The van der Waals surface area contributed by atoms with E-state index < -0.39 is 6.04 Å². The van der Waals surface area contributed by atoms with Crippen LogP contribution >= 0.6 is 11.6 Å². The van der Waals surface area contributed by atoms with Gasteiger partial charge in [0.15, 0.2) is 0 Å². The largest absolute Gasteiger partial charge is 0.344 e. The second-order valence-corrected chi connectivity index (χ2v) is 13.0. The Kier molecular flexibility index (Phi) is 20.2. The molecule has 2 amide bonds. The van der Waals surface area contributed by atoms with Crippen molar-refractivity contribution in [2.24, 2.45) is 5.92 Å². The lowest BCUT2D eigenvalue weighted by Crippen LogP contribution is -2.52. The molecule has 0 heterocycles. The minimum atomic E-state index is -0.732. The van der Waals surface area contributed by atoms with Crippen molar-refractivity contribution in [2.45, 2.75) is 85.2 Å². The van der Waals surface area contributed by atoms with Crippen LogP contribution in [-0.2, 0) is 33.6 Å². The Balaban J connectivity index is 0.00000205. The van der Waals surface area contributed by atoms with Crippen LogP contribution < -0.4 is 10.6 Å². The van der Waals surface area contributed by atoms with E-state index in [4.69, 9.17) is 11.6 Å². The molecule has 0 saturated heterocycles. The Bertz CT molecular complexity index is 1440. The summed E-state index contributed by atoms with van der Waals surface area (Å²) in [5.74, 6) is -0.743. The molecule has 0 aliphatic rings. The van der Waals surface area contributed by atoms with Crippen LogP contribution in [0.2, 0.25) is 5.02 Å². The Morgan fingerprint density at radius 3 is 2.08 bits per heavy atom. The number of hydrogen-bond acceptors (Lipinski definition) is 5. The summed E-state index contributed by atoms with van der Waals surface area (Å²) in [5.41, 5.74) is 3.95. The number of halogens is 2. The first-order valence-electron chi connectivity index (χ1n) is 18.1. The number of aldehydes is 1. The summed E-state index contributed by atoms with van der Waals surface area (Å²) < 4.78 is 14.8. The van der Waals surface area contributed by atoms with E-state index in [-0.39, 0.29) is 29.6 Å². The highest BCUT2D eigenvalue weighted by Crippen LogP contribution is 2.21. The molecule has 0 radical (unpaired) electrons. The summed E-state index contributed by atoms with van der Waals surface area (Å²) >= 11 is 6.14. The molecule has 3 rings (SSSR count). The molecule has 0 spiro atoms. The molecular weight excluding hydrogens is 651 g/mol. The lowest BCUT2D eigenvalue weighted by Gasteiger charge is -2.29. The number of hydrogen-bond donors (Lipinski definition) is 2. The van der Waals surface area contributed by atoms with Gasteiger partial charge in [-0.15, -0.1) is 0 Å². The van der Waals surface area contributed by atoms with Crippen molar-refractivity contribution in [3.05, 3.63) is 106 Å². The number of carbonyl (C=O) groups is 3. The average Bonchev–Trinajstić information content (AvgIpc) is 3.14. The first-order valence-corrected chi connectivity index (χ1v) is 18.5. The maximum absolute atomic E-state index is 14.8. The second-order valence-electron chi connectivity index (χ2n) is 12.5. The lowest BCUT2D eigenvalue weighted by molar-refractivity contribution is -0.137. The third-order valence-electron chi connectivity index (χ3n) is 9.05. The fourth-order valence-corrected chi connectivity index (χ4v) is 5.91. The van der Waals surface area contributed by atoms with Crippen molar-refractivity contribution in [3.63, 3.8) is 0 Å². The van der Waals surface area contributed by atoms with E-state index in [0.29, 0.717) is 55.9 Å². The van der Waals surface area contributed by atoms with Crippen LogP contribution in [0.4, 0.5) is 4.39 Å². The zero-order valence-corrected chi connectivity index (χ0v) is 31.6. The van der Waals surface area contributed by atoms with Gasteiger partial charge < -0.3 is 25.2 Å². The molecule has 0 fully saturated rings. The van der Waals surface area contributed by atoms with Gasteiger partial charge in [-0.2, -0.15) is 0 Å². The summed E-state index contributed by atoms with van der Waals surface area (Å²) in [7, 11) is 2.05. The van der Waals surface area contributed by atoms with Crippen LogP contribution in [0.15, 0.2) is 72.8 Å². The number of nitrogens with zero attached hydrogens (tertiary/aromatic N) is 2. The third-order valence-corrected chi connectivity index (χ3v) is 9.30. The van der Waals surface area contributed by atoms with Crippen molar-refractivity contribution >= 4 is 29.7 Å². The molecule has 0 aliphatic carbocycles. The number of benzene rings is 3. The second kappa shape index (κ2) is 23.7. The fraction of sp³-hybridized carbons (Fsp3) is 0.488. The quantitative estimate of drug-likeness (QED) is 0.119. The molecule has 9 heteroatoms. The number of likely N-dealkylation sites (N-methyl/N-ethyl adjacent to an activating group) is 1. The van der Waals surface area contributed by atoms with E-state index in [1.807, 2.05) is 57.2 Å². The fourth-order valence-electron chi connectivity index (χ4n) is 5.79. The summed E-state index contributed by atoms with van der Waals surface area (Å²) in [4.78, 5) is 41.0. The van der Waals surface area contributed by atoms with E-state index in [1.165, 1.54) is 17.2 Å². The highest BCUT2D eigenvalue weighted by molar-refractivity contribution is 6.30. The molecule has 7 nitrogen and oxygen atoms in total. The van der Waals surface area contributed by atoms with E-state index in [1.54, 1.807) is 23.1 Å². The van der Waals surface area contributed by atoms with Crippen molar-refractivity contribution < 1.29 is 18.8 Å². The molecule has 3 unspecified atom stereocenters. The minimum Gasteiger partial charge on any atom is -0.344 e. The van der Waals surface area contributed by atoms with Gasteiger partial charge in [0, 0.05) is 55.0 Å². The summed E-state index contributed by atoms with van der Waals surface area (Å²) in [6.07, 6.45) is 4.80. The molecule has 3 aromatic carbocycles. The maximum atomic E-state index is 14.8. The van der Waals surface area contributed by atoms with Gasteiger partial charge in [0.1, 0.15) is 18.1 Å². The van der Waals surface area contributed by atoms with E-state index in [0.717, 1.165) is 37.8 Å². The Morgan fingerprint density at radius 2 is 1.50 bits per heavy atom. The molecule has 0 bridgehead atoms. The molecule has 3 aromatic rings. The SMILES string of the molecule is CCC=O.CCc1ccccc1CC(CC)C(=O)NC(Cc1ccc(Cl)cc1)C(=O)N(CC)CCNC(CCN(C)CC)c1ccccc1F. The summed E-state index contributed by atoms with van der Waals surface area (Å²) in [6.45, 7) is 13.1. The van der Waals surface area contributed by atoms with Gasteiger partial charge in [-0.05, 0) is 87.6 Å². The van der Waals surface area contributed by atoms with Gasteiger partial charge >= 0.3 is 0 Å². The van der Waals surface area contributed by atoms with Crippen LogP contribution in [0, 0.1) is 11.7 Å². The number of carbonyl (C=O) groups excluding carboxylic acids is 3. The number of aryl methyl sites for hydroxylation is 1. The van der Waals surface area contributed by atoms with Crippen LogP contribution in [-0.4, -0.2) is 73.7 Å². The monoisotopic (exact) mass is 708 g/mol. The number of rotatable bonds is 20. The maximum Gasteiger partial charge on any atom is 0.245 e. The van der Waals surface area contributed by atoms with Gasteiger partial charge in [0.05, 0.1) is 0 Å². The van der Waals surface area contributed by atoms with Crippen molar-refractivity contribution in [3.8, 4) is 0 Å². The smallest absolute Gasteiger partial charge is 0.245 e. The van der Waals surface area contributed by atoms with Crippen LogP contribution in [0.5, 0.6) is 0 Å². The van der Waals surface area contributed by atoms with Crippen LogP contribution in [0.25, 0.3) is 0 Å². The molecular formula is C41H58ClFN4O3. The Labute approximate surface area is 305 Å². The average molecular weight is 709 g/mol. The molecule has 0 aliphatic heterocycles. The highest BCUT2D eigenvalue weighted by Gasteiger charge is 2.29. The van der Waals surface area contributed by atoms with Crippen molar-refractivity contribution in [1.29, 1.82) is 0 Å². The van der Waals surface area contributed by atoms with E-state index in [9.17, 15) is 18.8 Å². The molecule has 2 N–H and O–H groups in total.